The Labute approximate surface area is 177 Å². The maximum absolute atomic E-state index is 12.3. The number of methoxy groups -OCH3 is 1. The van der Waals surface area contributed by atoms with Gasteiger partial charge in [0.25, 0.3) is 5.91 Å². The summed E-state index contributed by atoms with van der Waals surface area (Å²) in [6, 6.07) is 14.3. The second-order valence-electron chi connectivity index (χ2n) is 6.23. The zero-order valence-electron chi connectivity index (χ0n) is 15.8. The third-order valence-corrected chi connectivity index (χ3v) is 5.13. The summed E-state index contributed by atoms with van der Waals surface area (Å²) in [5.41, 5.74) is 2.18. The van der Waals surface area contributed by atoms with Gasteiger partial charge in [-0.3, -0.25) is 14.9 Å². The number of anilines is 1. The van der Waals surface area contributed by atoms with Gasteiger partial charge >= 0.3 is 0 Å². The van der Waals surface area contributed by atoms with Crippen LogP contribution in [-0.4, -0.2) is 30.5 Å². The van der Waals surface area contributed by atoms with Crippen LogP contribution in [-0.2, 0) is 17.6 Å². The molecule has 6 nitrogen and oxygen atoms in total. The summed E-state index contributed by atoms with van der Waals surface area (Å²) < 4.78 is 5.08. The van der Waals surface area contributed by atoms with E-state index in [1.54, 1.807) is 36.8 Å². The summed E-state index contributed by atoms with van der Waals surface area (Å²) >= 11 is 7.24. The van der Waals surface area contributed by atoms with Gasteiger partial charge in [0.2, 0.25) is 5.91 Å². The highest BCUT2D eigenvalue weighted by Gasteiger charge is 2.11. The molecule has 2 aromatic carbocycles. The van der Waals surface area contributed by atoms with E-state index in [1.165, 1.54) is 11.3 Å². The Balaban J connectivity index is 1.46. The monoisotopic (exact) mass is 429 g/mol. The number of benzene rings is 2. The lowest BCUT2D eigenvalue weighted by atomic mass is 10.1. The standard InChI is InChI=1S/C21H20ClN3O3S/c1-28-18-7-5-15(6-8-18)20(27)25-21-24-17(13-29-21)12-19(26)23-10-9-14-3-2-4-16(22)11-14/h2-8,11,13H,9-10,12H2,1H3,(H,23,26)(H,24,25,27). The van der Waals surface area contributed by atoms with Crippen molar-refractivity contribution in [2.75, 3.05) is 19.0 Å². The number of halogens is 1. The first kappa shape index (κ1) is 20.8. The van der Waals surface area contributed by atoms with Crippen molar-refractivity contribution in [1.82, 2.24) is 10.3 Å². The predicted molar refractivity (Wildman–Crippen MR) is 115 cm³/mol. The third kappa shape index (κ3) is 6.30. The van der Waals surface area contributed by atoms with Crippen molar-refractivity contribution in [2.45, 2.75) is 12.8 Å². The molecule has 0 unspecified atom stereocenters. The van der Waals surface area contributed by atoms with Gasteiger partial charge in [-0.05, 0) is 48.4 Å². The van der Waals surface area contributed by atoms with Crippen LogP contribution in [0.3, 0.4) is 0 Å². The largest absolute Gasteiger partial charge is 0.497 e. The lowest BCUT2D eigenvalue weighted by Crippen LogP contribution is -2.27. The van der Waals surface area contributed by atoms with Crippen molar-refractivity contribution in [3.8, 4) is 5.75 Å². The topological polar surface area (TPSA) is 80.3 Å². The van der Waals surface area contributed by atoms with Crippen LogP contribution in [0.25, 0.3) is 0 Å². The third-order valence-electron chi connectivity index (χ3n) is 4.09. The lowest BCUT2D eigenvalue weighted by Gasteiger charge is -2.05. The number of thiazole rings is 1. The quantitative estimate of drug-likeness (QED) is 0.568. The molecule has 0 saturated heterocycles. The lowest BCUT2D eigenvalue weighted by molar-refractivity contribution is -0.120. The zero-order chi connectivity index (χ0) is 20.6. The molecule has 0 saturated carbocycles. The second-order valence-corrected chi connectivity index (χ2v) is 7.53. The molecule has 1 aromatic heterocycles. The van der Waals surface area contributed by atoms with Gasteiger partial charge in [0.05, 0.1) is 19.2 Å². The maximum Gasteiger partial charge on any atom is 0.257 e. The SMILES string of the molecule is COc1ccc(C(=O)Nc2nc(CC(=O)NCCc3cccc(Cl)c3)cs2)cc1. The fraction of sp³-hybridized carbons (Fsp3) is 0.190. The Kier molecular flexibility index (Phi) is 7.21. The van der Waals surface area contributed by atoms with Crippen LogP contribution in [0.15, 0.2) is 53.9 Å². The Morgan fingerprint density at radius 3 is 2.69 bits per heavy atom. The summed E-state index contributed by atoms with van der Waals surface area (Å²) in [7, 11) is 1.57. The molecule has 0 bridgehead atoms. The predicted octanol–water partition coefficient (Wildman–Crippen LogP) is 3.96. The van der Waals surface area contributed by atoms with E-state index in [4.69, 9.17) is 16.3 Å². The molecule has 2 amide bonds. The molecule has 29 heavy (non-hydrogen) atoms. The van der Waals surface area contributed by atoms with Crippen molar-refractivity contribution in [1.29, 1.82) is 0 Å². The molecule has 3 aromatic rings. The van der Waals surface area contributed by atoms with Gasteiger partial charge in [-0.25, -0.2) is 4.98 Å². The molecule has 2 N–H and O–H groups in total. The Hall–Kier alpha value is -2.90. The number of aromatic nitrogens is 1. The number of rotatable bonds is 8. The number of carbonyl (C=O) groups is 2. The van der Waals surface area contributed by atoms with E-state index in [0.29, 0.717) is 40.1 Å². The molecule has 8 heteroatoms. The van der Waals surface area contributed by atoms with Crippen LogP contribution in [0.4, 0.5) is 5.13 Å². The highest BCUT2D eigenvalue weighted by atomic mass is 35.5. The van der Waals surface area contributed by atoms with E-state index in [0.717, 1.165) is 5.56 Å². The van der Waals surface area contributed by atoms with E-state index >= 15 is 0 Å². The van der Waals surface area contributed by atoms with Gasteiger partial charge in [-0.15, -0.1) is 11.3 Å². The van der Waals surface area contributed by atoms with Gasteiger partial charge in [-0.1, -0.05) is 23.7 Å². The number of hydrogen-bond donors (Lipinski definition) is 2. The molecule has 0 spiro atoms. The van der Waals surface area contributed by atoms with Crippen LogP contribution in [0.1, 0.15) is 21.6 Å². The average Bonchev–Trinajstić information content (AvgIpc) is 3.14. The summed E-state index contributed by atoms with van der Waals surface area (Å²) in [6.45, 7) is 0.518. The molecule has 0 radical (unpaired) electrons. The highest BCUT2D eigenvalue weighted by molar-refractivity contribution is 7.14. The van der Waals surface area contributed by atoms with Gasteiger partial charge in [0, 0.05) is 22.5 Å². The highest BCUT2D eigenvalue weighted by Crippen LogP contribution is 2.18. The molecule has 1 heterocycles. The van der Waals surface area contributed by atoms with E-state index < -0.39 is 0 Å². The van der Waals surface area contributed by atoms with Gasteiger partial charge in [0.15, 0.2) is 5.13 Å². The number of amides is 2. The number of carbonyl (C=O) groups excluding carboxylic acids is 2. The minimum absolute atomic E-state index is 0.120. The van der Waals surface area contributed by atoms with Crippen molar-refractivity contribution >= 4 is 39.9 Å². The van der Waals surface area contributed by atoms with Crippen molar-refractivity contribution in [2.24, 2.45) is 0 Å². The molecular weight excluding hydrogens is 410 g/mol. The molecule has 3 rings (SSSR count). The zero-order valence-corrected chi connectivity index (χ0v) is 17.3. The van der Waals surface area contributed by atoms with Crippen LogP contribution in [0.2, 0.25) is 5.02 Å². The van der Waals surface area contributed by atoms with Crippen LogP contribution in [0, 0.1) is 0 Å². The Morgan fingerprint density at radius 2 is 1.97 bits per heavy atom. The van der Waals surface area contributed by atoms with E-state index in [1.807, 2.05) is 24.3 Å². The molecule has 150 valence electrons. The summed E-state index contributed by atoms with van der Waals surface area (Å²) in [5.74, 6) is 0.296. The number of nitrogens with one attached hydrogen (secondary N) is 2. The fourth-order valence-electron chi connectivity index (χ4n) is 2.62. The molecule has 0 atom stereocenters. The summed E-state index contributed by atoms with van der Waals surface area (Å²) in [5, 5.41) is 8.51. The minimum Gasteiger partial charge on any atom is -0.497 e. The van der Waals surface area contributed by atoms with E-state index in [9.17, 15) is 9.59 Å². The second kappa shape index (κ2) is 10.0. The number of hydrogen-bond acceptors (Lipinski definition) is 5. The van der Waals surface area contributed by atoms with Gasteiger partial charge in [-0.2, -0.15) is 0 Å². The first-order valence-electron chi connectivity index (χ1n) is 8.94. The molecule has 0 fully saturated rings. The Morgan fingerprint density at radius 1 is 1.17 bits per heavy atom. The molecule has 0 aliphatic carbocycles. The van der Waals surface area contributed by atoms with Crippen LogP contribution >= 0.6 is 22.9 Å². The van der Waals surface area contributed by atoms with Crippen molar-refractivity contribution in [3.05, 3.63) is 75.8 Å². The average molecular weight is 430 g/mol. The smallest absolute Gasteiger partial charge is 0.257 e. The molecule has 0 aliphatic heterocycles. The normalized spacial score (nSPS) is 10.4. The van der Waals surface area contributed by atoms with Gasteiger partial charge < -0.3 is 10.1 Å². The van der Waals surface area contributed by atoms with Crippen LogP contribution < -0.4 is 15.4 Å². The van der Waals surface area contributed by atoms with E-state index in [2.05, 4.69) is 15.6 Å². The first-order chi connectivity index (χ1) is 14.0. The summed E-state index contributed by atoms with van der Waals surface area (Å²) in [6.07, 6.45) is 0.858. The minimum atomic E-state index is -0.264. The summed E-state index contributed by atoms with van der Waals surface area (Å²) in [4.78, 5) is 28.7. The Bertz CT molecular complexity index is 989. The van der Waals surface area contributed by atoms with Crippen LogP contribution in [0.5, 0.6) is 5.75 Å². The number of ether oxygens (including phenoxy) is 1. The molecule has 0 aliphatic rings. The van der Waals surface area contributed by atoms with Crippen molar-refractivity contribution < 1.29 is 14.3 Å². The fourth-order valence-corrected chi connectivity index (χ4v) is 3.54. The number of nitrogens with zero attached hydrogens (tertiary/aromatic N) is 1. The van der Waals surface area contributed by atoms with Gasteiger partial charge in [0.1, 0.15) is 5.75 Å². The first-order valence-corrected chi connectivity index (χ1v) is 10.2. The maximum atomic E-state index is 12.3. The van der Waals surface area contributed by atoms with E-state index in [-0.39, 0.29) is 18.2 Å². The molecular formula is C21H20ClN3O3S. The van der Waals surface area contributed by atoms with Crippen molar-refractivity contribution in [3.63, 3.8) is 0 Å².